The number of halogens is 1. The van der Waals surface area contributed by atoms with E-state index in [2.05, 4.69) is 42.5 Å². The zero-order valence-electron chi connectivity index (χ0n) is 18.3. The highest BCUT2D eigenvalue weighted by atomic mass is 79.9. The summed E-state index contributed by atoms with van der Waals surface area (Å²) < 4.78 is 31.5. The lowest BCUT2D eigenvalue weighted by molar-refractivity contribution is 0.268. The SMILES string of the molecule is CCc1cc(Br)ccc1S(=O)(=O)N1CCCN(Cc2nccn2Cc2ccccc2)CC1. The van der Waals surface area contributed by atoms with Crippen LogP contribution in [0.25, 0.3) is 0 Å². The van der Waals surface area contributed by atoms with Gasteiger partial charge in [0, 0.05) is 43.0 Å². The minimum atomic E-state index is -3.51. The third kappa shape index (κ3) is 5.31. The molecule has 0 bridgehead atoms. The summed E-state index contributed by atoms with van der Waals surface area (Å²) in [6.45, 7) is 6.06. The summed E-state index contributed by atoms with van der Waals surface area (Å²) in [6, 6.07) is 15.8. The number of rotatable bonds is 7. The van der Waals surface area contributed by atoms with Crippen LogP contribution in [0.15, 0.2) is 70.3 Å². The van der Waals surface area contributed by atoms with Crippen molar-refractivity contribution in [2.45, 2.75) is 37.8 Å². The molecule has 6 nitrogen and oxygen atoms in total. The van der Waals surface area contributed by atoms with E-state index in [0.29, 0.717) is 37.5 Å². The average Bonchev–Trinajstić information content (AvgIpc) is 3.07. The van der Waals surface area contributed by atoms with Crippen molar-refractivity contribution >= 4 is 26.0 Å². The Kier molecular flexibility index (Phi) is 7.45. The van der Waals surface area contributed by atoms with Gasteiger partial charge in [-0.25, -0.2) is 13.4 Å². The smallest absolute Gasteiger partial charge is 0.243 e. The van der Waals surface area contributed by atoms with Crippen LogP contribution in [0.5, 0.6) is 0 Å². The molecule has 1 aliphatic heterocycles. The maximum Gasteiger partial charge on any atom is 0.243 e. The van der Waals surface area contributed by atoms with E-state index in [0.717, 1.165) is 35.4 Å². The Morgan fingerprint density at radius 1 is 1.00 bits per heavy atom. The van der Waals surface area contributed by atoms with Gasteiger partial charge in [0.1, 0.15) is 5.82 Å². The Balaban J connectivity index is 1.44. The van der Waals surface area contributed by atoms with Crippen molar-refractivity contribution in [2.24, 2.45) is 0 Å². The number of nitrogens with zero attached hydrogens (tertiary/aromatic N) is 4. The second-order valence-corrected chi connectivity index (χ2v) is 10.9. The van der Waals surface area contributed by atoms with E-state index in [1.807, 2.05) is 49.6 Å². The van der Waals surface area contributed by atoms with E-state index in [1.165, 1.54) is 5.56 Å². The molecule has 0 saturated carbocycles. The molecule has 0 N–H and O–H groups in total. The van der Waals surface area contributed by atoms with Crippen molar-refractivity contribution < 1.29 is 8.42 Å². The summed E-state index contributed by atoms with van der Waals surface area (Å²) in [5.74, 6) is 1.01. The van der Waals surface area contributed by atoms with Crippen molar-refractivity contribution in [1.29, 1.82) is 0 Å². The lowest BCUT2D eigenvalue weighted by atomic mass is 10.2. The van der Waals surface area contributed by atoms with Crippen molar-refractivity contribution in [3.8, 4) is 0 Å². The van der Waals surface area contributed by atoms with Crippen LogP contribution < -0.4 is 0 Å². The van der Waals surface area contributed by atoms with Crippen LogP contribution in [-0.2, 0) is 29.5 Å². The van der Waals surface area contributed by atoms with Gasteiger partial charge in [0.05, 0.1) is 11.4 Å². The summed E-state index contributed by atoms with van der Waals surface area (Å²) in [4.78, 5) is 7.30. The summed E-state index contributed by atoms with van der Waals surface area (Å²) in [5.41, 5.74) is 2.09. The second kappa shape index (κ2) is 10.3. The molecule has 2 heterocycles. The monoisotopic (exact) mass is 516 g/mol. The van der Waals surface area contributed by atoms with Gasteiger partial charge in [-0.15, -0.1) is 0 Å². The van der Waals surface area contributed by atoms with Crippen molar-refractivity contribution in [3.63, 3.8) is 0 Å². The van der Waals surface area contributed by atoms with Crippen LogP contribution in [-0.4, -0.2) is 53.4 Å². The molecule has 3 aromatic rings. The van der Waals surface area contributed by atoms with E-state index in [-0.39, 0.29) is 0 Å². The van der Waals surface area contributed by atoms with Crippen LogP contribution in [0.2, 0.25) is 0 Å². The third-order valence-electron chi connectivity index (χ3n) is 5.93. The van der Waals surface area contributed by atoms with Crippen LogP contribution in [0, 0.1) is 0 Å². The van der Waals surface area contributed by atoms with Crippen LogP contribution >= 0.6 is 15.9 Å². The van der Waals surface area contributed by atoms with Crippen LogP contribution in [0.4, 0.5) is 0 Å². The van der Waals surface area contributed by atoms with Gasteiger partial charge in [-0.1, -0.05) is 53.2 Å². The van der Waals surface area contributed by atoms with Gasteiger partial charge in [-0.05, 0) is 48.7 Å². The highest BCUT2D eigenvalue weighted by Crippen LogP contribution is 2.25. The van der Waals surface area contributed by atoms with Gasteiger partial charge in [0.2, 0.25) is 10.0 Å². The minimum absolute atomic E-state index is 0.426. The number of sulfonamides is 1. The molecule has 0 amide bonds. The zero-order valence-corrected chi connectivity index (χ0v) is 20.7. The van der Waals surface area contributed by atoms with Gasteiger partial charge in [-0.2, -0.15) is 4.31 Å². The van der Waals surface area contributed by atoms with Gasteiger partial charge in [0.25, 0.3) is 0 Å². The summed E-state index contributed by atoms with van der Waals surface area (Å²) in [7, 11) is -3.51. The van der Waals surface area contributed by atoms with Crippen LogP contribution in [0.1, 0.15) is 30.3 Å². The molecule has 4 rings (SSSR count). The van der Waals surface area contributed by atoms with Crippen LogP contribution in [0.3, 0.4) is 0 Å². The molecule has 1 saturated heterocycles. The predicted octanol–water partition coefficient (Wildman–Crippen LogP) is 4.15. The Labute approximate surface area is 199 Å². The number of hydrogen-bond donors (Lipinski definition) is 0. The van der Waals surface area contributed by atoms with Gasteiger partial charge in [0.15, 0.2) is 0 Å². The molecule has 0 spiro atoms. The van der Waals surface area contributed by atoms with Gasteiger partial charge in [-0.3, -0.25) is 4.90 Å². The second-order valence-electron chi connectivity index (χ2n) is 8.10. The Morgan fingerprint density at radius 3 is 2.59 bits per heavy atom. The van der Waals surface area contributed by atoms with Crippen molar-refractivity contribution in [1.82, 2.24) is 18.8 Å². The molecular weight excluding hydrogens is 488 g/mol. The molecule has 1 aliphatic rings. The van der Waals surface area contributed by atoms with E-state index in [1.54, 1.807) is 10.4 Å². The minimum Gasteiger partial charge on any atom is -0.329 e. The summed E-state index contributed by atoms with van der Waals surface area (Å²) >= 11 is 3.45. The molecule has 170 valence electrons. The fraction of sp³-hybridized carbons (Fsp3) is 0.375. The standard InChI is InChI=1S/C24H29BrN4O2S/c1-2-21-17-22(25)9-10-23(21)32(30,31)29-13-6-12-27(15-16-29)19-24-26-11-14-28(24)18-20-7-4-3-5-8-20/h3-5,7-11,14,17H,2,6,12-13,15-16,18-19H2,1H3. The molecule has 0 unspecified atom stereocenters. The number of aryl methyl sites for hydroxylation is 1. The number of hydrogen-bond acceptors (Lipinski definition) is 4. The first kappa shape index (κ1) is 23.2. The molecule has 1 fully saturated rings. The first-order valence-corrected chi connectivity index (χ1v) is 13.3. The Hall–Kier alpha value is -2.00. The van der Waals surface area contributed by atoms with E-state index < -0.39 is 10.0 Å². The maximum absolute atomic E-state index is 13.4. The highest BCUT2D eigenvalue weighted by Gasteiger charge is 2.29. The lowest BCUT2D eigenvalue weighted by Gasteiger charge is -2.23. The first-order chi connectivity index (χ1) is 15.5. The molecule has 1 aromatic heterocycles. The van der Waals surface area contributed by atoms with Crippen molar-refractivity contribution in [2.75, 3.05) is 26.2 Å². The molecule has 32 heavy (non-hydrogen) atoms. The summed E-state index contributed by atoms with van der Waals surface area (Å²) in [5, 5.41) is 0. The quantitative estimate of drug-likeness (QED) is 0.473. The van der Waals surface area contributed by atoms with E-state index in [4.69, 9.17) is 0 Å². The zero-order chi connectivity index (χ0) is 22.6. The van der Waals surface area contributed by atoms with Crippen molar-refractivity contribution in [3.05, 3.63) is 82.3 Å². The first-order valence-electron chi connectivity index (χ1n) is 11.0. The number of imidazole rings is 1. The fourth-order valence-electron chi connectivity index (χ4n) is 4.18. The molecule has 8 heteroatoms. The largest absolute Gasteiger partial charge is 0.329 e. The molecule has 0 radical (unpaired) electrons. The van der Waals surface area contributed by atoms with E-state index >= 15 is 0 Å². The number of benzene rings is 2. The fourth-order valence-corrected chi connectivity index (χ4v) is 6.33. The average molecular weight is 517 g/mol. The molecular formula is C24H29BrN4O2S. The maximum atomic E-state index is 13.4. The summed E-state index contributed by atoms with van der Waals surface area (Å²) in [6.07, 6.45) is 5.33. The third-order valence-corrected chi connectivity index (χ3v) is 8.42. The highest BCUT2D eigenvalue weighted by molar-refractivity contribution is 9.10. The van der Waals surface area contributed by atoms with E-state index in [9.17, 15) is 8.42 Å². The predicted molar refractivity (Wildman–Crippen MR) is 130 cm³/mol. The Morgan fingerprint density at radius 2 is 1.81 bits per heavy atom. The molecule has 2 aromatic carbocycles. The number of aromatic nitrogens is 2. The normalized spacial score (nSPS) is 16.2. The lowest BCUT2D eigenvalue weighted by Crippen LogP contribution is -2.35. The topological polar surface area (TPSA) is 58.4 Å². The molecule has 0 atom stereocenters. The molecule has 0 aliphatic carbocycles. The van der Waals surface area contributed by atoms with Gasteiger partial charge >= 0.3 is 0 Å². The van der Waals surface area contributed by atoms with Gasteiger partial charge < -0.3 is 4.57 Å². The Bertz CT molecular complexity index is 1150.